The molecule has 2 aliphatic rings. The molecule has 0 bridgehead atoms. The van der Waals surface area contributed by atoms with E-state index in [9.17, 15) is 0 Å². The molecule has 0 fully saturated rings. The van der Waals surface area contributed by atoms with Crippen LogP contribution in [0.2, 0.25) is 0 Å². The Morgan fingerprint density at radius 3 is 3.40 bits per heavy atom. The van der Waals surface area contributed by atoms with Crippen molar-refractivity contribution in [2.45, 2.75) is 6.42 Å². The summed E-state index contributed by atoms with van der Waals surface area (Å²) >= 11 is 0. The second-order valence-corrected chi connectivity index (χ2v) is 2.64. The first-order valence-corrected chi connectivity index (χ1v) is 3.73. The lowest BCUT2D eigenvalue weighted by molar-refractivity contribution is 0.634. The molecule has 1 N–H and O–H groups in total. The Balaban J connectivity index is 2.23. The summed E-state index contributed by atoms with van der Waals surface area (Å²) in [6.45, 7) is 2.99. The molecule has 2 aliphatic heterocycles. The fourth-order valence-electron chi connectivity index (χ4n) is 1.39. The van der Waals surface area contributed by atoms with Gasteiger partial charge in [-0.25, -0.2) is 0 Å². The van der Waals surface area contributed by atoms with Crippen LogP contribution in [0.4, 0.5) is 0 Å². The quantitative estimate of drug-likeness (QED) is 0.511. The Morgan fingerprint density at radius 2 is 2.50 bits per heavy atom. The summed E-state index contributed by atoms with van der Waals surface area (Å²) in [5.74, 6) is 0. The van der Waals surface area contributed by atoms with Gasteiger partial charge in [0, 0.05) is 25.2 Å². The van der Waals surface area contributed by atoms with Crippen LogP contribution in [0.15, 0.2) is 23.4 Å². The third-order valence-corrected chi connectivity index (χ3v) is 1.93. The van der Waals surface area contributed by atoms with Crippen LogP contribution < -0.4 is 10.6 Å². The molecule has 10 heavy (non-hydrogen) atoms. The molecule has 53 valence electrons. The van der Waals surface area contributed by atoms with Crippen molar-refractivity contribution >= 4 is 0 Å². The van der Waals surface area contributed by atoms with E-state index in [1.807, 2.05) is 0 Å². The average Bonchev–Trinajstić information content (AvgIpc) is 2.05. The highest BCUT2D eigenvalue weighted by atomic mass is 14.9. The van der Waals surface area contributed by atoms with Gasteiger partial charge >= 0.3 is 0 Å². The van der Waals surface area contributed by atoms with Gasteiger partial charge in [0.05, 0.1) is 6.54 Å². The first-order chi connectivity index (χ1) is 4.97. The standard InChI is InChI=1S/C8H11N2/c1-2-7-6-9-5-3-8(7)10-4-1/h1-2,9H,3-6H2. The summed E-state index contributed by atoms with van der Waals surface area (Å²) in [5.41, 5.74) is 2.71. The zero-order valence-corrected chi connectivity index (χ0v) is 5.93. The third-order valence-electron chi connectivity index (χ3n) is 1.93. The van der Waals surface area contributed by atoms with Gasteiger partial charge in [0.2, 0.25) is 0 Å². The Bertz CT molecular complexity index is 191. The number of hydrogen-bond donors (Lipinski definition) is 1. The van der Waals surface area contributed by atoms with Gasteiger partial charge < -0.3 is 5.32 Å². The number of nitrogens with zero attached hydrogens (tertiary/aromatic N) is 1. The third kappa shape index (κ3) is 0.948. The molecule has 0 spiro atoms. The van der Waals surface area contributed by atoms with Gasteiger partial charge in [0.25, 0.3) is 0 Å². The van der Waals surface area contributed by atoms with E-state index in [2.05, 4.69) is 22.8 Å². The second kappa shape index (κ2) is 2.46. The van der Waals surface area contributed by atoms with Crippen LogP contribution in [0.5, 0.6) is 0 Å². The van der Waals surface area contributed by atoms with Crippen LogP contribution in [0.1, 0.15) is 6.42 Å². The molecule has 1 radical (unpaired) electrons. The largest absolute Gasteiger partial charge is 0.312 e. The molecule has 0 aliphatic carbocycles. The first-order valence-electron chi connectivity index (χ1n) is 3.73. The maximum absolute atomic E-state index is 4.40. The van der Waals surface area contributed by atoms with E-state index in [0.717, 1.165) is 26.1 Å². The Labute approximate surface area is 61.0 Å². The zero-order chi connectivity index (χ0) is 6.81. The van der Waals surface area contributed by atoms with Crippen LogP contribution in [0.3, 0.4) is 0 Å². The molecule has 0 amide bonds. The topological polar surface area (TPSA) is 26.1 Å². The van der Waals surface area contributed by atoms with Crippen molar-refractivity contribution in [2.24, 2.45) is 0 Å². The fraction of sp³-hybridized carbons (Fsp3) is 0.500. The molecule has 0 aromatic carbocycles. The number of rotatable bonds is 0. The maximum Gasteiger partial charge on any atom is 0.0576 e. The minimum atomic E-state index is 0.888. The minimum absolute atomic E-state index is 0.888. The lowest BCUT2D eigenvalue weighted by atomic mass is 10.1. The Kier molecular flexibility index (Phi) is 1.47. The fourth-order valence-corrected chi connectivity index (χ4v) is 1.39. The summed E-state index contributed by atoms with van der Waals surface area (Å²) in [7, 11) is 0. The molecule has 0 saturated heterocycles. The Morgan fingerprint density at radius 1 is 1.50 bits per heavy atom. The van der Waals surface area contributed by atoms with Gasteiger partial charge in [-0.2, -0.15) is 0 Å². The molecule has 0 saturated carbocycles. The van der Waals surface area contributed by atoms with Crippen molar-refractivity contribution in [1.82, 2.24) is 10.6 Å². The molecule has 0 aromatic rings. The van der Waals surface area contributed by atoms with Crippen molar-refractivity contribution in [3.63, 3.8) is 0 Å². The van der Waals surface area contributed by atoms with Gasteiger partial charge in [0.1, 0.15) is 0 Å². The van der Waals surface area contributed by atoms with E-state index < -0.39 is 0 Å². The van der Waals surface area contributed by atoms with E-state index in [4.69, 9.17) is 0 Å². The number of nitrogens with one attached hydrogen (secondary N) is 1. The van der Waals surface area contributed by atoms with Gasteiger partial charge in [-0.15, -0.1) is 0 Å². The summed E-state index contributed by atoms with van der Waals surface area (Å²) in [4.78, 5) is 0. The van der Waals surface area contributed by atoms with Crippen molar-refractivity contribution in [3.8, 4) is 0 Å². The molecule has 2 nitrogen and oxygen atoms in total. The second-order valence-electron chi connectivity index (χ2n) is 2.64. The minimum Gasteiger partial charge on any atom is -0.312 e. The highest BCUT2D eigenvalue weighted by Gasteiger charge is 2.12. The normalized spacial score (nSPS) is 24.0. The molecule has 2 heteroatoms. The van der Waals surface area contributed by atoms with Crippen LogP contribution in [0.25, 0.3) is 0 Å². The van der Waals surface area contributed by atoms with Gasteiger partial charge in [-0.1, -0.05) is 12.2 Å². The smallest absolute Gasteiger partial charge is 0.0576 e. The molecular formula is C8H11N2. The lowest BCUT2D eigenvalue weighted by Crippen LogP contribution is -2.29. The Hall–Kier alpha value is -0.760. The summed E-state index contributed by atoms with van der Waals surface area (Å²) in [5, 5.41) is 7.72. The predicted molar refractivity (Wildman–Crippen MR) is 40.7 cm³/mol. The van der Waals surface area contributed by atoms with Gasteiger partial charge in [-0.05, 0) is 5.57 Å². The van der Waals surface area contributed by atoms with Crippen molar-refractivity contribution in [3.05, 3.63) is 23.4 Å². The molecule has 2 rings (SSSR count). The van der Waals surface area contributed by atoms with Crippen molar-refractivity contribution < 1.29 is 0 Å². The van der Waals surface area contributed by atoms with E-state index in [1.165, 1.54) is 11.3 Å². The summed E-state index contributed by atoms with van der Waals surface area (Å²) in [6, 6.07) is 0. The van der Waals surface area contributed by atoms with Gasteiger partial charge in [0.15, 0.2) is 0 Å². The lowest BCUT2D eigenvalue weighted by Gasteiger charge is -2.21. The first kappa shape index (κ1) is 5.98. The average molecular weight is 135 g/mol. The number of hydrogen-bond acceptors (Lipinski definition) is 1. The van der Waals surface area contributed by atoms with E-state index in [1.54, 1.807) is 0 Å². The predicted octanol–water partition coefficient (Wildman–Crippen LogP) is 0.408. The van der Waals surface area contributed by atoms with Crippen LogP contribution in [0, 0.1) is 0 Å². The van der Waals surface area contributed by atoms with Crippen LogP contribution in [-0.4, -0.2) is 19.6 Å². The molecule has 0 unspecified atom stereocenters. The molecule has 0 atom stereocenters. The monoisotopic (exact) mass is 135 g/mol. The SMILES string of the molecule is C1=CC2=C(CCNC2)[N]C1. The maximum atomic E-state index is 4.40. The zero-order valence-electron chi connectivity index (χ0n) is 5.93. The van der Waals surface area contributed by atoms with E-state index in [-0.39, 0.29) is 0 Å². The summed E-state index contributed by atoms with van der Waals surface area (Å²) in [6.07, 6.45) is 5.42. The van der Waals surface area contributed by atoms with Gasteiger partial charge in [-0.3, -0.25) is 5.32 Å². The van der Waals surface area contributed by atoms with E-state index >= 15 is 0 Å². The summed E-state index contributed by atoms with van der Waals surface area (Å²) < 4.78 is 0. The van der Waals surface area contributed by atoms with Crippen LogP contribution in [-0.2, 0) is 0 Å². The highest BCUT2D eigenvalue weighted by Crippen LogP contribution is 2.14. The molecule has 0 aromatic heterocycles. The molecule has 2 heterocycles. The molecular weight excluding hydrogens is 124 g/mol. The van der Waals surface area contributed by atoms with E-state index in [0.29, 0.717) is 0 Å². The van der Waals surface area contributed by atoms with Crippen LogP contribution >= 0.6 is 0 Å². The van der Waals surface area contributed by atoms with Crippen molar-refractivity contribution in [1.29, 1.82) is 0 Å². The highest BCUT2D eigenvalue weighted by molar-refractivity contribution is 5.31. The van der Waals surface area contributed by atoms with Crippen molar-refractivity contribution in [2.75, 3.05) is 19.6 Å².